The molecule has 1 unspecified atom stereocenters. The number of carbonyl (C=O) groups is 1. The summed E-state index contributed by atoms with van der Waals surface area (Å²) >= 11 is 1.45. The van der Waals surface area contributed by atoms with Crippen molar-refractivity contribution in [2.24, 2.45) is 0 Å². The van der Waals surface area contributed by atoms with Crippen molar-refractivity contribution in [1.29, 1.82) is 0 Å². The van der Waals surface area contributed by atoms with Crippen LogP contribution in [0.5, 0.6) is 0 Å². The molecular formula is C15H28F2O2S. The Labute approximate surface area is 126 Å². The van der Waals surface area contributed by atoms with E-state index in [0.717, 1.165) is 32.6 Å². The second kappa shape index (κ2) is 10.4. The van der Waals surface area contributed by atoms with Gasteiger partial charge in [-0.2, -0.15) is 0 Å². The maximum absolute atomic E-state index is 12.7. The largest absolute Gasteiger partial charge is 0.462 e. The Hall–Kier alpha value is -0.320. The average molecular weight is 310 g/mol. The van der Waals surface area contributed by atoms with Crippen molar-refractivity contribution in [2.45, 2.75) is 83.5 Å². The van der Waals surface area contributed by atoms with Crippen LogP contribution in [0.15, 0.2) is 0 Å². The molecule has 0 aliphatic rings. The Morgan fingerprint density at radius 1 is 1.25 bits per heavy atom. The normalized spacial score (nSPS) is 13.6. The molecule has 20 heavy (non-hydrogen) atoms. The van der Waals surface area contributed by atoms with Crippen molar-refractivity contribution in [1.82, 2.24) is 0 Å². The first-order valence-corrected chi connectivity index (χ1v) is 8.51. The first-order chi connectivity index (χ1) is 9.26. The predicted molar refractivity (Wildman–Crippen MR) is 81.5 cm³/mol. The van der Waals surface area contributed by atoms with Gasteiger partial charge in [-0.15, -0.1) is 11.8 Å². The summed E-state index contributed by atoms with van der Waals surface area (Å²) < 4.78 is 30.7. The van der Waals surface area contributed by atoms with Crippen molar-refractivity contribution in [3.8, 4) is 0 Å². The predicted octanol–water partition coefficient (Wildman–Crippen LogP) is 5.06. The number of halogens is 2. The lowest BCUT2D eigenvalue weighted by Gasteiger charge is -2.18. The molecule has 0 rings (SSSR count). The number of alkyl halides is 2. The molecule has 0 fully saturated rings. The van der Waals surface area contributed by atoms with Gasteiger partial charge in [-0.3, -0.25) is 4.79 Å². The molecule has 0 aliphatic carbocycles. The Bertz CT molecular complexity index is 265. The van der Waals surface area contributed by atoms with Crippen LogP contribution in [0.3, 0.4) is 0 Å². The minimum atomic E-state index is -2.61. The van der Waals surface area contributed by atoms with Gasteiger partial charge < -0.3 is 4.74 Å². The van der Waals surface area contributed by atoms with Gasteiger partial charge >= 0.3 is 5.97 Å². The summed E-state index contributed by atoms with van der Waals surface area (Å²) in [5, 5.41) is -0.213. The van der Waals surface area contributed by atoms with E-state index in [1.807, 2.05) is 13.8 Å². The summed E-state index contributed by atoms with van der Waals surface area (Å²) in [6.07, 6.45) is 4.10. The van der Waals surface area contributed by atoms with Gasteiger partial charge in [0, 0.05) is 6.42 Å². The van der Waals surface area contributed by atoms with E-state index in [1.165, 1.54) is 11.8 Å². The van der Waals surface area contributed by atoms with Crippen LogP contribution in [-0.2, 0) is 9.53 Å². The zero-order chi connectivity index (χ0) is 15.6. The Morgan fingerprint density at radius 2 is 1.90 bits per heavy atom. The van der Waals surface area contributed by atoms with Gasteiger partial charge in [-0.05, 0) is 39.4 Å². The smallest absolute Gasteiger partial charge is 0.319 e. The highest BCUT2D eigenvalue weighted by molar-refractivity contribution is 8.00. The first kappa shape index (κ1) is 19.7. The van der Waals surface area contributed by atoms with E-state index in [0.29, 0.717) is 12.2 Å². The van der Waals surface area contributed by atoms with E-state index in [2.05, 4.69) is 6.92 Å². The van der Waals surface area contributed by atoms with E-state index in [4.69, 9.17) is 4.74 Å². The molecule has 0 aliphatic heterocycles. The summed E-state index contributed by atoms with van der Waals surface area (Å²) in [6.45, 7) is 6.69. The van der Waals surface area contributed by atoms with Crippen molar-refractivity contribution >= 4 is 17.7 Å². The zero-order valence-corrected chi connectivity index (χ0v) is 13.9. The van der Waals surface area contributed by atoms with E-state index < -0.39 is 5.92 Å². The van der Waals surface area contributed by atoms with Crippen LogP contribution in [0.4, 0.5) is 8.78 Å². The molecule has 1 atom stereocenters. The summed E-state index contributed by atoms with van der Waals surface area (Å²) in [5.74, 6) is -2.24. The van der Waals surface area contributed by atoms with Crippen molar-refractivity contribution in [2.75, 3.05) is 5.75 Å². The third kappa shape index (κ3) is 11.5. The maximum Gasteiger partial charge on any atom is 0.319 e. The number of thioether (sulfide) groups is 1. The van der Waals surface area contributed by atoms with Gasteiger partial charge in [0.05, 0.1) is 6.10 Å². The van der Waals surface area contributed by atoms with Gasteiger partial charge in [0.2, 0.25) is 5.92 Å². The summed E-state index contributed by atoms with van der Waals surface area (Å²) in [5.41, 5.74) is 0. The fraction of sp³-hybridized carbons (Fsp3) is 0.933. The van der Waals surface area contributed by atoms with Crippen LogP contribution in [0.2, 0.25) is 0 Å². The molecule has 2 nitrogen and oxygen atoms in total. The highest BCUT2D eigenvalue weighted by atomic mass is 32.2. The number of esters is 1. The van der Waals surface area contributed by atoms with Crippen molar-refractivity contribution < 1.29 is 18.3 Å². The van der Waals surface area contributed by atoms with Crippen LogP contribution < -0.4 is 0 Å². The average Bonchev–Trinajstić information content (AvgIpc) is 2.30. The van der Waals surface area contributed by atoms with Crippen molar-refractivity contribution in [3.63, 3.8) is 0 Å². The SMILES string of the molecule is CCCCCC(SCCCC(C)(F)F)C(=O)OC(C)C. The lowest BCUT2D eigenvalue weighted by molar-refractivity contribution is -0.146. The molecule has 0 heterocycles. The Morgan fingerprint density at radius 3 is 2.40 bits per heavy atom. The highest BCUT2D eigenvalue weighted by Gasteiger charge is 2.23. The van der Waals surface area contributed by atoms with E-state index in [-0.39, 0.29) is 23.7 Å². The van der Waals surface area contributed by atoms with Crippen LogP contribution in [-0.4, -0.2) is 29.0 Å². The molecule has 0 saturated carbocycles. The molecule has 0 radical (unpaired) electrons. The highest BCUT2D eigenvalue weighted by Crippen LogP contribution is 2.25. The van der Waals surface area contributed by atoms with E-state index in [9.17, 15) is 13.6 Å². The molecule has 0 amide bonds. The summed E-state index contributed by atoms with van der Waals surface area (Å²) in [4.78, 5) is 11.9. The van der Waals surface area contributed by atoms with Gasteiger partial charge in [0.25, 0.3) is 0 Å². The van der Waals surface area contributed by atoms with Gasteiger partial charge in [0.1, 0.15) is 5.25 Å². The minimum absolute atomic E-state index is 0.124. The van der Waals surface area contributed by atoms with Crippen LogP contribution in [0, 0.1) is 0 Å². The quantitative estimate of drug-likeness (QED) is 0.394. The van der Waals surface area contributed by atoms with Crippen molar-refractivity contribution in [3.05, 3.63) is 0 Å². The molecule has 120 valence electrons. The minimum Gasteiger partial charge on any atom is -0.462 e. The second-order valence-corrected chi connectivity index (χ2v) is 6.83. The van der Waals surface area contributed by atoms with Crippen LogP contribution >= 0.6 is 11.8 Å². The Kier molecular flexibility index (Phi) is 10.2. The zero-order valence-electron chi connectivity index (χ0n) is 13.1. The molecule has 0 aromatic heterocycles. The summed E-state index contributed by atoms with van der Waals surface area (Å²) in [6, 6.07) is 0. The van der Waals surface area contributed by atoms with Gasteiger partial charge in [-0.25, -0.2) is 8.78 Å². The monoisotopic (exact) mass is 310 g/mol. The lowest BCUT2D eigenvalue weighted by Crippen LogP contribution is -2.24. The second-order valence-electron chi connectivity index (χ2n) is 5.51. The Balaban J connectivity index is 4.13. The fourth-order valence-corrected chi connectivity index (χ4v) is 2.89. The van der Waals surface area contributed by atoms with Gasteiger partial charge in [0.15, 0.2) is 0 Å². The third-order valence-corrected chi connectivity index (χ3v) is 4.12. The molecule has 0 N–H and O–H groups in total. The fourth-order valence-electron chi connectivity index (χ4n) is 1.77. The molecule has 0 spiro atoms. The molecular weight excluding hydrogens is 282 g/mol. The lowest BCUT2D eigenvalue weighted by atomic mass is 10.1. The standard InChI is InChI=1S/C15H28F2O2S/c1-5-6-7-9-13(14(18)19-12(2)3)20-11-8-10-15(4,16)17/h12-13H,5-11H2,1-4H3. The van der Waals surface area contributed by atoms with E-state index in [1.54, 1.807) is 0 Å². The number of rotatable bonds is 11. The third-order valence-electron chi connectivity index (χ3n) is 2.76. The van der Waals surface area contributed by atoms with Gasteiger partial charge in [-0.1, -0.05) is 26.2 Å². The van der Waals surface area contributed by atoms with Crippen LogP contribution in [0.25, 0.3) is 0 Å². The summed E-state index contributed by atoms with van der Waals surface area (Å²) in [7, 11) is 0. The number of carbonyl (C=O) groups excluding carboxylic acids is 1. The molecule has 5 heteroatoms. The number of ether oxygens (including phenoxy) is 1. The topological polar surface area (TPSA) is 26.3 Å². The van der Waals surface area contributed by atoms with Crippen LogP contribution in [0.1, 0.15) is 66.2 Å². The number of hydrogen-bond acceptors (Lipinski definition) is 3. The maximum atomic E-state index is 12.7. The molecule has 0 aromatic carbocycles. The molecule has 0 saturated heterocycles. The first-order valence-electron chi connectivity index (χ1n) is 7.46. The number of unbranched alkanes of at least 4 members (excludes halogenated alkanes) is 2. The number of hydrogen-bond donors (Lipinski definition) is 0. The molecule has 0 bridgehead atoms. The molecule has 0 aromatic rings. The van der Waals surface area contributed by atoms with E-state index >= 15 is 0 Å².